The van der Waals surface area contributed by atoms with Gasteiger partial charge in [0.25, 0.3) is 0 Å². The van der Waals surface area contributed by atoms with Crippen LogP contribution in [-0.4, -0.2) is 22.7 Å². The smallest absolute Gasteiger partial charge is 0.0662 e. The van der Waals surface area contributed by atoms with Crippen molar-refractivity contribution in [1.29, 1.82) is 0 Å². The zero-order valence-electron chi connectivity index (χ0n) is 8.20. The Morgan fingerprint density at radius 3 is 3.07 bits per heavy atom. The molecule has 0 radical (unpaired) electrons. The van der Waals surface area contributed by atoms with Crippen molar-refractivity contribution in [3.63, 3.8) is 0 Å². The fourth-order valence-electron chi connectivity index (χ4n) is 1.06. The Hall–Kier alpha value is -0.450. The molecule has 0 fully saturated rings. The van der Waals surface area contributed by atoms with Gasteiger partial charge in [-0.15, -0.1) is 0 Å². The molecule has 0 aromatic carbocycles. The van der Waals surface area contributed by atoms with Crippen LogP contribution < -0.4 is 5.32 Å². The molecule has 0 aliphatic carbocycles. The number of aromatic nitrogens is 1. The second kappa shape index (κ2) is 6.11. The molecule has 0 bridgehead atoms. The number of nitrogens with one attached hydrogen (secondary N) is 1. The van der Waals surface area contributed by atoms with Crippen LogP contribution in [0.5, 0.6) is 0 Å². The van der Waals surface area contributed by atoms with Crippen molar-refractivity contribution >= 4 is 15.9 Å². The van der Waals surface area contributed by atoms with Crippen LogP contribution in [0.25, 0.3) is 0 Å². The number of hydrogen-bond donors (Lipinski definition) is 2. The highest BCUT2D eigenvalue weighted by atomic mass is 79.9. The Balaban J connectivity index is 2.35. The largest absolute Gasteiger partial charge is 0.392 e. The molecule has 1 heterocycles. The molecule has 78 valence electrons. The Bertz CT molecular complexity index is 281. The molecule has 1 atom stereocenters. The molecule has 2 N–H and O–H groups in total. The normalized spacial score (nSPS) is 12.8. The standard InChI is InChI=1S/C10H15BrN2O/c1-2-9(14)7-13-6-8-5-12-4-3-10(8)11/h3-5,9,13-14H,2,6-7H2,1H3. The number of pyridine rings is 1. The number of nitrogens with zero attached hydrogens (tertiary/aromatic N) is 1. The second-order valence-electron chi connectivity index (χ2n) is 3.16. The third-order valence-electron chi connectivity index (χ3n) is 2.01. The van der Waals surface area contributed by atoms with E-state index < -0.39 is 0 Å². The highest BCUT2D eigenvalue weighted by molar-refractivity contribution is 9.10. The van der Waals surface area contributed by atoms with E-state index in [-0.39, 0.29) is 6.10 Å². The molecule has 14 heavy (non-hydrogen) atoms. The van der Waals surface area contributed by atoms with Crippen molar-refractivity contribution in [3.8, 4) is 0 Å². The summed E-state index contributed by atoms with van der Waals surface area (Å²) in [5.41, 5.74) is 1.11. The fourth-order valence-corrected chi connectivity index (χ4v) is 1.42. The van der Waals surface area contributed by atoms with Gasteiger partial charge in [0, 0.05) is 30.0 Å². The summed E-state index contributed by atoms with van der Waals surface area (Å²) in [5, 5.41) is 12.5. The summed E-state index contributed by atoms with van der Waals surface area (Å²) in [6, 6.07) is 1.91. The van der Waals surface area contributed by atoms with Gasteiger partial charge in [-0.05, 0) is 18.1 Å². The summed E-state index contributed by atoms with van der Waals surface area (Å²) < 4.78 is 1.05. The maximum atomic E-state index is 9.32. The van der Waals surface area contributed by atoms with Gasteiger partial charge in [-0.1, -0.05) is 22.9 Å². The van der Waals surface area contributed by atoms with E-state index in [1.807, 2.05) is 19.2 Å². The molecule has 0 saturated heterocycles. The van der Waals surface area contributed by atoms with Gasteiger partial charge in [0.2, 0.25) is 0 Å². The van der Waals surface area contributed by atoms with Crippen LogP contribution >= 0.6 is 15.9 Å². The molecule has 0 spiro atoms. The average Bonchev–Trinajstić information content (AvgIpc) is 2.20. The van der Waals surface area contributed by atoms with Crippen molar-refractivity contribution < 1.29 is 5.11 Å². The average molecular weight is 259 g/mol. The van der Waals surface area contributed by atoms with Crippen LogP contribution in [0.4, 0.5) is 0 Å². The molecule has 4 heteroatoms. The Morgan fingerprint density at radius 2 is 2.43 bits per heavy atom. The van der Waals surface area contributed by atoms with Crippen LogP contribution in [0.3, 0.4) is 0 Å². The van der Waals surface area contributed by atoms with Crippen LogP contribution in [0, 0.1) is 0 Å². The zero-order valence-corrected chi connectivity index (χ0v) is 9.79. The summed E-state index contributed by atoms with van der Waals surface area (Å²) >= 11 is 3.44. The molecule has 0 aliphatic heterocycles. The van der Waals surface area contributed by atoms with Crippen molar-refractivity contribution in [2.24, 2.45) is 0 Å². The minimum absolute atomic E-state index is 0.259. The maximum absolute atomic E-state index is 9.32. The quantitative estimate of drug-likeness (QED) is 0.846. The molecule has 1 aromatic rings. The summed E-state index contributed by atoms with van der Waals surface area (Å²) in [7, 11) is 0. The summed E-state index contributed by atoms with van der Waals surface area (Å²) in [6.45, 7) is 3.32. The molecule has 3 nitrogen and oxygen atoms in total. The van der Waals surface area contributed by atoms with E-state index in [2.05, 4.69) is 26.2 Å². The number of halogens is 1. The first-order valence-electron chi connectivity index (χ1n) is 4.71. The zero-order chi connectivity index (χ0) is 10.4. The summed E-state index contributed by atoms with van der Waals surface area (Å²) in [5.74, 6) is 0. The SMILES string of the molecule is CCC(O)CNCc1cnccc1Br. The van der Waals surface area contributed by atoms with E-state index in [9.17, 15) is 5.11 Å². The molecule has 0 amide bonds. The van der Waals surface area contributed by atoms with Crippen LogP contribution in [-0.2, 0) is 6.54 Å². The first-order valence-corrected chi connectivity index (χ1v) is 5.50. The van der Waals surface area contributed by atoms with E-state index in [1.54, 1.807) is 6.20 Å². The van der Waals surface area contributed by atoms with Crippen LogP contribution in [0.2, 0.25) is 0 Å². The number of rotatable bonds is 5. The van der Waals surface area contributed by atoms with Crippen molar-refractivity contribution in [2.45, 2.75) is 26.0 Å². The van der Waals surface area contributed by atoms with E-state index in [4.69, 9.17) is 0 Å². The lowest BCUT2D eigenvalue weighted by Gasteiger charge is -2.09. The highest BCUT2D eigenvalue weighted by Gasteiger charge is 2.01. The first-order chi connectivity index (χ1) is 6.74. The molecule has 1 aromatic heterocycles. The predicted octanol–water partition coefficient (Wildman–Crippen LogP) is 1.70. The number of aliphatic hydroxyl groups is 1. The first kappa shape index (κ1) is 11.6. The second-order valence-corrected chi connectivity index (χ2v) is 4.01. The van der Waals surface area contributed by atoms with E-state index >= 15 is 0 Å². The van der Waals surface area contributed by atoms with Crippen LogP contribution in [0.15, 0.2) is 22.9 Å². The van der Waals surface area contributed by atoms with Crippen molar-refractivity contribution in [1.82, 2.24) is 10.3 Å². The van der Waals surface area contributed by atoms with Gasteiger partial charge in [-0.3, -0.25) is 4.98 Å². The fraction of sp³-hybridized carbons (Fsp3) is 0.500. The minimum atomic E-state index is -0.259. The number of hydrogen-bond acceptors (Lipinski definition) is 3. The van der Waals surface area contributed by atoms with Gasteiger partial charge in [-0.2, -0.15) is 0 Å². The van der Waals surface area contributed by atoms with Gasteiger partial charge >= 0.3 is 0 Å². The molecular weight excluding hydrogens is 244 g/mol. The third kappa shape index (κ3) is 3.74. The molecule has 1 rings (SSSR count). The van der Waals surface area contributed by atoms with Gasteiger partial charge in [0.1, 0.15) is 0 Å². The van der Waals surface area contributed by atoms with Gasteiger partial charge in [0.15, 0.2) is 0 Å². The van der Waals surface area contributed by atoms with E-state index in [1.165, 1.54) is 0 Å². The molecule has 1 unspecified atom stereocenters. The monoisotopic (exact) mass is 258 g/mol. The summed E-state index contributed by atoms with van der Waals surface area (Å²) in [6.07, 6.45) is 4.08. The Morgan fingerprint density at radius 1 is 1.64 bits per heavy atom. The van der Waals surface area contributed by atoms with Gasteiger partial charge < -0.3 is 10.4 Å². The third-order valence-corrected chi connectivity index (χ3v) is 2.78. The van der Waals surface area contributed by atoms with Crippen molar-refractivity contribution in [2.75, 3.05) is 6.54 Å². The topological polar surface area (TPSA) is 45.1 Å². The van der Waals surface area contributed by atoms with Crippen molar-refractivity contribution in [3.05, 3.63) is 28.5 Å². The summed E-state index contributed by atoms with van der Waals surface area (Å²) in [4.78, 5) is 4.03. The Labute approximate surface area is 92.7 Å². The van der Waals surface area contributed by atoms with Gasteiger partial charge in [0.05, 0.1) is 6.10 Å². The Kier molecular flexibility index (Phi) is 5.07. The van der Waals surface area contributed by atoms with Crippen LogP contribution in [0.1, 0.15) is 18.9 Å². The lowest BCUT2D eigenvalue weighted by atomic mass is 10.2. The highest BCUT2D eigenvalue weighted by Crippen LogP contribution is 2.13. The minimum Gasteiger partial charge on any atom is -0.392 e. The lowest BCUT2D eigenvalue weighted by molar-refractivity contribution is 0.167. The maximum Gasteiger partial charge on any atom is 0.0662 e. The molecule has 0 aliphatic rings. The predicted molar refractivity (Wildman–Crippen MR) is 59.9 cm³/mol. The van der Waals surface area contributed by atoms with E-state index in [0.29, 0.717) is 6.54 Å². The van der Waals surface area contributed by atoms with Gasteiger partial charge in [-0.25, -0.2) is 0 Å². The lowest BCUT2D eigenvalue weighted by Crippen LogP contribution is -2.25. The van der Waals surface area contributed by atoms with E-state index in [0.717, 1.165) is 23.0 Å². The molecular formula is C10H15BrN2O. The number of aliphatic hydroxyl groups excluding tert-OH is 1. The molecule has 0 saturated carbocycles.